The molecule has 3 aromatic rings. The average Bonchev–Trinajstić information content (AvgIpc) is 3.44. The first-order valence-electron chi connectivity index (χ1n) is 10.1. The van der Waals surface area contributed by atoms with Crippen molar-refractivity contribution in [3.63, 3.8) is 0 Å². The van der Waals surface area contributed by atoms with Crippen LogP contribution in [0.15, 0.2) is 27.6 Å². The molecule has 0 bridgehead atoms. The molecule has 0 aliphatic carbocycles. The highest BCUT2D eigenvalue weighted by Gasteiger charge is 2.25. The van der Waals surface area contributed by atoms with Gasteiger partial charge in [0.05, 0.1) is 17.7 Å². The SMILES string of the molecule is Cc1sc2nc(CCC(=O)NCC(c3ccco3)N3CCCC3)[nH]c(=O)c2c1C. The van der Waals surface area contributed by atoms with Gasteiger partial charge in [-0.2, -0.15) is 0 Å². The molecule has 0 radical (unpaired) electrons. The van der Waals surface area contributed by atoms with E-state index in [0.29, 0.717) is 24.2 Å². The van der Waals surface area contributed by atoms with Gasteiger partial charge in [0.15, 0.2) is 0 Å². The molecule has 4 heterocycles. The summed E-state index contributed by atoms with van der Waals surface area (Å²) in [4.78, 5) is 36.4. The quantitative estimate of drug-likeness (QED) is 0.620. The van der Waals surface area contributed by atoms with Gasteiger partial charge in [0.1, 0.15) is 16.4 Å². The van der Waals surface area contributed by atoms with Crippen molar-refractivity contribution < 1.29 is 9.21 Å². The van der Waals surface area contributed by atoms with E-state index < -0.39 is 0 Å². The number of likely N-dealkylation sites (tertiary alicyclic amines) is 1. The van der Waals surface area contributed by atoms with E-state index >= 15 is 0 Å². The number of furan rings is 1. The predicted molar refractivity (Wildman–Crippen MR) is 113 cm³/mol. The minimum absolute atomic E-state index is 0.0537. The van der Waals surface area contributed by atoms with E-state index in [9.17, 15) is 9.59 Å². The van der Waals surface area contributed by atoms with Crippen molar-refractivity contribution in [2.24, 2.45) is 0 Å². The van der Waals surface area contributed by atoms with Crippen LogP contribution in [0.25, 0.3) is 10.2 Å². The summed E-state index contributed by atoms with van der Waals surface area (Å²) in [5.41, 5.74) is 0.855. The Bertz CT molecular complexity index is 1050. The number of thiophene rings is 1. The number of aryl methyl sites for hydroxylation is 3. The molecule has 154 valence electrons. The second kappa shape index (κ2) is 8.51. The summed E-state index contributed by atoms with van der Waals surface area (Å²) in [6.45, 7) is 6.48. The molecule has 0 saturated carbocycles. The van der Waals surface area contributed by atoms with E-state index in [0.717, 1.165) is 34.1 Å². The van der Waals surface area contributed by atoms with Gasteiger partial charge in [-0.1, -0.05) is 0 Å². The summed E-state index contributed by atoms with van der Waals surface area (Å²) >= 11 is 1.52. The zero-order valence-corrected chi connectivity index (χ0v) is 17.6. The van der Waals surface area contributed by atoms with Gasteiger partial charge in [0.2, 0.25) is 5.91 Å². The molecule has 1 fully saturated rings. The molecule has 29 heavy (non-hydrogen) atoms. The van der Waals surface area contributed by atoms with Crippen LogP contribution in [0, 0.1) is 13.8 Å². The number of fused-ring (bicyclic) bond motifs is 1. The molecule has 7 nitrogen and oxygen atoms in total. The average molecular weight is 415 g/mol. The van der Waals surface area contributed by atoms with Gasteiger partial charge in [-0.15, -0.1) is 11.3 Å². The summed E-state index contributed by atoms with van der Waals surface area (Å²) < 4.78 is 5.59. The van der Waals surface area contributed by atoms with Crippen LogP contribution in [0.4, 0.5) is 0 Å². The zero-order chi connectivity index (χ0) is 20.4. The molecule has 1 aliphatic rings. The summed E-state index contributed by atoms with van der Waals surface area (Å²) in [5.74, 6) is 1.38. The van der Waals surface area contributed by atoms with Gasteiger partial charge in [-0.05, 0) is 57.5 Å². The van der Waals surface area contributed by atoms with E-state index in [4.69, 9.17) is 4.42 Å². The van der Waals surface area contributed by atoms with Crippen molar-refractivity contribution in [2.75, 3.05) is 19.6 Å². The molecule has 1 aliphatic heterocycles. The Kier molecular flexibility index (Phi) is 5.82. The van der Waals surface area contributed by atoms with Gasteiger partial charge in [-0.25, -0.2) is 4.98 Å². The highest BCUT2D eigenvalue weighted by molar-refractivity contribution is 7.18. The third-order valence-corrected chi connectivity index (χ3v) is 6.72. The third kappa shape index (κ3) is 4.28. The molecule has 1 unspecified atom stereocenters. The lowest BCUT2D eigenvalue weighted by atomic mass is 10.2. The Morgan fingerprint density at radius 3 is 2.90 bits per heavy atom. The maximum atomic E-state index is 12.4. The van der Waals surface area contributed by atoms with Crippen LogP contribution in [0.3, 0.4) is 0 Å². The van der Waals surface area contributed by atoms with Crippen molar-refractivity contribution in [3.05, 3.63) is 50.8 Å². The van der Waals surface area contributed by atoms with E-state index in [2.05, 4.69) is 20.2 Å². The summed E-state index contributed by atoms with van der Waals surface area (Å²) in [7, 11) is 0. The van der Waals surface area contributed by atoms with Crippen molar-refractivity contribution in [1.82, 2.24) is 20.2 Å². The molecule has 3 aromatic heterocycles. The molecule has 0 spiro atoms. The molecule has 4 rings (SSSR count). The molecule has 1 amide bonds. The number of nitrogens with zero attached hydrogens (tertiary/aromatic N) is 2. The Morgan fingerprint density at radius 2 is 2.17 bits per heavy atom. The number of hydrogen-bond acceptors (Lipinski definition) is 6. The van der Waals surface area contributed by atoms with Crippen LogP contribution in [0.5, 0.6) is 0 Å². The lowest BCUT2D eigenvalue weighted by molar-refractivity contribution is -0.121. The first kappa shape index (κ1) is 19.8. The van der Waals surface area contributed by atoms with Gasteiger partial charge in [0, 0.05) is 24.3 Å². The molecule has 1 atom stereocenters. The van der Waals surface area contributed by atoms with E-state index in [-0.39, 0.29) is 23.9 Å². The van der Waals surface area contributed by atoms with Crippen LogP contribution < -0.4 is 10.9 Å². The lowest BCUT2D eigenvalue weighted by Crippen LogP contribution is -2.36. The Labute approximate surface area is 173 Å². The summed E-state index contributed by atoms with van der Waals surface area (Å²) in [5, 5.41) is 3.69. The van der Waals surface area contributed by atoms with Crippen molar-refractivity contribution in [1.29, 1.82) is 0 Å². The number of carbonyl (C=O) groups is 1. The smallest absolute Gasteiger partial charge is 0.259 e. The van der Waals surface area contributed by atoms with Crippen LogP contribution in [-0.2, 0) is 11.2 Å². The van der Waals surface area contributed by atoms with Crippen LogP contribution >= 0.6 is 11.3 Å². The largest absolute Gasteiger partial charge is 0.468 e. The van der Waals surface area contributed by atoms with E-state index in [1.807, 2.05) is 26.0 Å². The number of H-pyrrole nitrogens is 1. The van der Waals surface area contributed by atoms with Crippen molar-refractivity contribution in [2.45, 2.75) is 45.6 Å². The number of hydrogen-bond donors (Lipinski definition) is 2. The number of aromatic amines is 1. The van der Waals surface area contributed by atoms with Crippen molar-refractivity contribution >= 4 is 27.5 Å². The zero-order valence-electron chi connectivity index (χ0n) is 16.8. The summed E-state index contributed by atoms with van der Waals surface area (Å²) in [6, 6.07) is 3.90. The predicted octanol–water partition coefficient (Wildman–Crippen LogP) is 3.08. The van der Waals surface area contributed by atoms with E-state index in [1.54, 1.807) is 6.26 Å². The Hall–Kier alpha value is -2.45. The number of carbonyl (C=O) groups excluding carboxylic acids is 1. The number of rotatable bonds is 7. The second-order valence-electron chi connectivity index (χ2n) is 7.55. The molecular formula is C21H26N4O3S. The number of nitrogens with one attached hydrogen (secondary N) is 2. The third-order valence-electron chi connectivity index (χ3n) is 5.62. The van der Waals surface area contributed by atoms with E-state index in [1.165, 1.54) is 24.2 Å². The first-order valence-corrected chi connectivity index (χ1v) is 10.9. The van der Waals surface area contributed by atoms with Crippen molar-refractivity contribution in [3.8, 4) is 0 Å². The highest BCUT2D eigenvalue weighted by Crippen LogP contribution is 2.26. The fraction of sp³-hybridized carbons (Fsp3) is 0.476. The van der Waals surface area contributed by atoms with Crippen LogP contribution in [0.2, 0.25) is 0 Å². The summed E-state index contributed by atoms with van der Waals surface area (Å²) in [6.07, 6.45) is 4.71. The van der Waals surface area contributed by atoms with Gasteiger partial charge < -0.3 is 14.7 Å². The minimum atomic E-state index is -0.126. The van der Waals surface area contributed by atoms with Crippen LogP contribution in [-0.4, -0.2) is 40.4 Å². The Balaban J connectivity index is 1.37. The molecule has 8 heteroatoms. The molecule has 0 aromatic carbocycles. The Morgan fingerprint density at radius 1 is 1.38 bits per heavy atom. The molecular weight excluding hydrogens is 388 g/mol. The maximum Gasteiger partial charge on any atom is 0.259 e. The fourth-order valence-electron chi connectivity index (χ4n) is 3.89. The maximum absolute atomic E-state index is 12.4. The molecule has 2 N–H and O–H groups in total. The number of amides is 1. The van der Waals surface area contributed by atoms with Crippen LogP contribution in [0.1, 0.15) is 47.3 Å². The van der Waals surface area contributed by atoms with Gasteiger partial charge in [0.25, 0.3) is 5.56 Å². The highest BCUT2D eigenvalue weighted by atomic mass is 32.1. The monoisotopic (exact) mass is 414 g/mol. The molecule has 1 saturated heterocycles. The topological polar surface area (TPSA) is 91.2 Å². The lowest BCUT2D eigenvalue weighted by Gasteiger charge is -2.26. The fourth-order valence-corrected chi connectivity index (χ4v) is 4.94. The minimum Gasteiger partial charge on any atom is -0.468 e. The standard InChI is InChI=1S/C21H26N4O3S/c1-13-14(2)29-21-19(13)20(27)23-17(24-21)7-8-18(26)22-12-15(16-6-5-11-28-16)25-9-3-4-10-25/h5-6,11,15H,3-4,7-10,12H2,1-2H3,(H,22,26)(H,23,24,27). The van der Waals surface area contributed by atoms with Gasteiger partial charge in [-0.3, -0.25) is 14.5 Å². The second-order valence-corrected chi connectivity index (χ2v) is 8.76. The first-order chi connectivity index (χ1) is 14.0. The normalized spacial score (nSPS) is 15.8. The number of aromatic nitrogens is 2. The van der Waals surface area contributed by atoms with Gasteiger partial charge >= 0.3 is 0 Å².